The predicted octanol–water partition coefficient (Wildman–Crippen LogP) is 5.79. The van der Waals surface area contributed by atoms with Crippen LogP contribution in [0.4, 0.5) is 0 Å². The maximum atomic E-state index is 14.6. The largest absolute Gasteiger partial charge is 0.494 e. The molecule has 7 rings (SSSR count). The quantitative estimate of drug-likeness (QED) is 0.0901. The highest BCUT2D eigenvalue weighted by atomic mass is 32.2. The molecule has 3 N–H and O–H groups in total. The number of aliphatic hydroxyl groups excluding tert-OH is 1. The number of ether oxygens (including phenoxy) is 4. The molecule has 2 atom stereocenters. The van der Waals surface area contributed by atoms with Gasteiger partial charge in [0.2, 0.25) is 12.7 Å². The van der Waals surface area contributed by atoms with Crippen LogP contribution in [0.3, 0.4) is 0 Å². The van der Waals surface area contributed by atoms with Crippen molar-refractivity contribution in [2.75, 3.05) is 25.8 Å². The molecular formula is C41H39N3O8S. The van der Waals surface area contributed by atoms with Gasteiger partial charge in [0, 0.05) is 31.6 Å². The van der Waals surface area contributed by atoms with Crippen molar-refractivity contribution in [2.24, 2.45) is 4.99 Å². The Hall–Kier alpha value is -5.69. The number of rotatable bonds is 15. The molecule has 0 radical (unpaired) electrons. The molecule has 0 saturated heterocycles. The molecule has 0 bridgehead atoms. The van der Waals surface area contributed by atoms with Crippen LogP contribution in [0.25, 0.3) is 11.1 Å². The zero-order valence-corrected chi connectivity index (χ0v) is 29.6. The Kier molecular flexibility index (Phi) is 10.7. The fraction of sp³-hybridized carbons (Fsp3) is 0.220. The van der Waals surface area contributed by atoms with Crippen molar-refractivity contribution in [3.63, 3.8) is 0 Å². The number of benzene rings is 5. The topological polar surface area (TPSA) is 145 Å². The standard InChI is InChI=1S/C41H39N3O8S/c45-23-7-24-49-34-19-17-33(18-20-34)39-43-41(22-25-53(47,48)35-10-5-2-6-11-35,40(46)44-42-27-29-12-21-36-37(26-29)51-28-50-36)38(52-39)32-15-13-31(14-16-32)30-8-3-1-4-9-30/h1-6,8-21,26,38,42,45H,7,22-25,27-28H2,(H,44,46)/t38-,41-/m0/s1. The minimum Gasteiger partial charge on any atom is -0.494 e. The summed E-state index contributed by atoms with van der Waals surface area (Å²) < 4.78 is 50.6. The van der Waals surface area contributed by atoms with E-state index in [4.69, 9.17) is 29.0 Å². The van der Waals surface area contributed by atoms with Gasteiger partial charge >= 0.3 is 0 Å². The van der Waals surface area contributed by atoms with Crippen LogP contribution in [0, 0.1) is 0 Å². The summed E-state index contributed by atoms with van der Waals surface area (Å²) in [6.07, 6.45) is -0.672. The SMILES string of the molecule is O=C(NNCc1ccc2c(c1)OCO2)[C@@]1(CCS(=O)(=O)c2ccccc2)N=C(c2ccc(OCCCO)cc2)O[C@H]1c1ccc(-c2ccccc2)cc1. The molecule has 0 unspecified atom stereocenters. The molecule has 0 fully saturated rings. The molecule has 0 spiro atoms. The van der Waals surface area contributed by atoms with E-state index in [1.165, 1.54) is 0 Å². The van der Waals surface area contributed by atoms with E-state index < -0.39 is 27.4 Å². The van der Waals surface area contributed by atoms with Crippen LogP contribution < -0.4 is 25.1 Å². The summed E-state index contributed by atoms with van der Waals surface area (Å²) in [5.74, 6) is 1.11. The second-order valence-electron chi connectivity index (χ2n) is 12.7. The lowest BCUT2D eigenvalue weighted by Gasteiger charge is -2.30. The number of aliphatic imine (C=N–C) groups is 1. The van der Waals surface area contributed by atoms with Gasteiger partial charge in [-0.1, -0.05) is 78.9 Å². The van der Waals surface area contributed by atoms with Gasteiger partial charge in [0.25, 0.3) is 5.91 Å². The van der Waals surface area contributed by atoms with Gasteiger partial charge in [-0.3, -0.25) is 10.2 Å². The summed E-state index contributed by atoms with van der Waals surface area (Å²) in [6.45, 7) is 0.760. The lowest BCUT2D eigenvalue weighted by Crippen LogP contribution is -2.53. The number of hydrogen-bond acceptors (Lipinski definition) is 10. The highest BCUT2D eigenvalue weighted by Gasteiger charge is 2.53. The first kappa shape index (κ1) is 35.7. The number of nitrogens with one attached hydrogen (secondary N) is 2. The second-order valence-corrected chi connectivity index (χ2v) is 14.8. The predicted molar refractivity (Wildman–Crippen MR) is 199 cm³/mol. The summed E-state index contributed by atoms with van der Waals surface area (Å²) >= 11 is 0. The molecule has 0 aliphatic carbocycles. The maximum Gasteiger partial charge on any atom is 0.266 e. The van der Waals surface area contributed by atoms with Crippen molar-refractivity contribution in [2.45, 2.75) is 35.9 Å². The zero-order valence-electron chi connectivity index (χ0n) is 28.8. The molecule has 272 valence electrons. The Bertz CT molecular complexity index is 2160. The Morgan fingerprint density at radius 3 is 2.25 bits per heavy atom. The van der Waals surface area contributed by atoms with Crippen LogP contribution in [0.1, 0.15) is 35.6 Å². The molecule has 0 aromatic heterocycles. The van der Waals surface area contributed by atoms with E-state index in [9.17, 15) is 13.2 Å². The fourth-order valence-electron chi connectivity index (χ4n) is 6.27. The lowest BCUT2D eigenvalue weighted by molar-refractivity contribution is -0.130. The molecule has 2 aliphatic rings. The minimum atomic E-state index is -3.82. The van der Waals surface area contributed by atoms with E-state index in [0.29, 0.717) is 41.4 Å². The van der Waals surface area contributed by atoms with Crippen LogP contribution >= 0.6 is 0 Å². The number of nitrogens with zero attached hydrogens (tertiary/aromatic N) is 1. The number of hydrazine groups is 1. The second kappa shape index (κ2) is 15.9. The monoisotopic (exact) mass is 733 g/mol. The highest BCUT2D eigenvalue weighted by molar-refractivity contribution is 7.91. The molecular weight excluding hydrogens is 695 g/mol. The van der Waals surface area contributed by atoms with Crippen LogP contribution in [0.5, 0.6) is 17.2 Å². The van der Waals surface area contributed by atoms with Gasteiger partial charge in [0.05, 0.1) is 17.3 Å². The Morgan fingerprint density at radius 1 is 0.830 bits per heavy atom. The molecule has 5 aromatic carbocycles. The molecule has 1 amide bonds. The fourth-order valence-corrected chi connectivity index (χ4v) is 7.66. The summed E-state index contributed by atoms with van der Waals surface area (Å²) in [6, 6.07) is 38.3. The van der Waals surface area contributed by atoms with Crippen molar-refractivity contribution in [3.8, 4) is 28.4 Å². The number of sulfone groups is 1. The van der Waals surface area contributed by atoms with Gasteiger partial charge in [-0.2, -0.15) is 0 Å². The molecule has 2 heterocycles. The van der Waals surface area contributed by atoms with Crippen LogP contribution in [-0.2, 0) is 25.9 Å². The van der Waals surface area contributed by atoms with Crippen LogP contribution in [-0.4, -0.2) is 56.6 Å². The van der Waals surface area contributed by atoms with E-state index in [1.54, 1.807) is 60.7 Å². The van der Waals surface area contributed by atoms with Gasteiger partial charge in [0.1, 0.15) is 5.75 Å². The first-order valence-corrected chi connectivity index (χ1v) is 19.0. The summed E-state index contributed by atoms with van der Waals surface area (Å²) in [5, 5.41) is 9.13. The number of fused-ring (bicyclic) bond motifs is 1. The molecule has 12 heteroatoms. The molecule has 11 nitrogen and oxygen atoms in total. The van der Waals surface area contributed by atoms with Gasteiger partial charge in [-0.05, 0) is 70.8 Å². The number of carbonyl (C=O) groups excluding carboxylic acids is 1. The summed E-state index contributed by atoms with van der Waals surface area (Å²) in [5.41, 5.74) is 8.18. The van der Waals surface area contributed by atoms with Gasteiger partial charge in [0.15, 0.2) is 33.0 Å². The zero-order chi connectivity index (χ0) is 36.7. The van der Waals surface area contributed by atoms with Gasteiger partial charge in [-0.15, -0.1) is 0 Å². The Morgan fingerprint density at radius 2 is 1.51 bits per heavy atom. The number of aliphatic hydroxyl groups is 1. The van der Waals surface area contributed by atoms with Crippen LogP contribution in [0.15, 0.2) is 137 Å². The smallest absolute Gasteiger partial charge is 0.266 e. The molecule has 0 saturated carbocycles. The Labute approximate surface area is 308 Å². The van der Waals surface area contributed by atoms with Crippen molar-refractivity contribution in [1.82, 2.24) is 10.9 Å². The first-order valence-electron chi connectivity index (χ1n) is 17.3. The Balaban J connectivity index is 1.24. The van der Waals surface area contributed by atoms with Crippen LogP contribution in [0.2, 0.25) is 0 Å². The average Bonchev–Trinajstić information content (AvgIpc) is 3.84. The van der Waals surface area contributed by atoms with Gasteiger partial charge in [-0.25, -0.2) is 18.8 Å². The number of hydrogen-bond donors (Lipinski definition) is 3. The van der Waals surface area contributed by atoms with E-state index in [-0.39, 0.29) is 42.9 Å². The summed E-state index contributed by atoms with van der Waals surface area (Å²) in [4.78, 5) is 19.7. The lowest BCUT2D eigenvalue weighted by atomic mass is 9.84. The average molecular weight is 734 g/mol. The van der Waals surface area contributed by atoms with Crippen molar-refractivity contribution in [3.05, 3.63) is 144 Å². The number of carbonyl (C=O) groups is 1. The summed E-state index contributed by atoms with van der Waals surface area (Å²) in [7, 11) is -3.82. The van der Waals surface area contributed by atoms with E-state index in [2.05, 4.69) is 10.9 Å². The van der Waals surface area contributed by atoms with E-state index >= 15 is 0 Å². The van der Waals surface area contributed by atoms with E-state index in [1.807, 2.05) is 66.7 Å². The minimum absolute atomic E-state index is 0.0200. The van der Waals surface area contributed by atoms with Crippen molar-refractivity contribution >= 4 is 21.6 Å². The maximum absolute atomic E-state index is 14.6. The third-order valence-electron chi connectivity index (χ3n) is 9.14. The van der Waals surface area contributed by atoms with E-state index in [0.717, 1.165) is 16.7 Å². The third kappa shape index (κ3) is 8.05. The molecule has 53 heavy (non-hydrogen) atoms. The van der Waals surface area contributed by atoms with Crippen molar-refractivity contribution in [1.29, 1.82) is 0 Å². The van der Waals surface area contributed by atoms with Gasteiger partial charge < -0.3 is 24.1 Å². The highest BCUT2D eigenvalue weighted by Crippen LogP contribution is 2.43. The first-order chi connectivity index (χ1) is 25.8. The number of amides is 1. The normalized spacial score (nSPS) is 17.5. The molecule has 5 aromatic rings. The third-order valence-corrected chi connectivity index (χ3v) is 10.9. The van der Waals surface area contributed by atoms with Crippen molar-refractivity contribution < 1.29 is 37.3 Å². The molecule has 2 aliphatic heterocycles.